The van der Waals surface area contributed by atoms with Gasteiger partial charge in [-0.2, -0.15) is 0 Å². The smallest absolute Gasteiger partial charge is 0.234 e. The lowest BCUT2D eigenvalue weighted by molar-refractivity contribution is 0.161. The van der Waals surface area contributed by atoms with Crippen molar-refractivity contribution in [2.45, 2.75) is 0 Å². The molecule has 39 heavy (non-hydrogen) atoms. The lowest BCUT2D eigenvalue weighted by Gasteiger charge is -2.32. The van der Waals surface area contributed by atoms with E-state index in [0.717, 1.165) is 42.7 Å². The van der Waals surface area contributed by atoms with E-state index < -0.39 is 15.8 Å². The van der Waals surface area contributed by atoms with Gasteiger partial charge in [0.25, 0.3) is 0 Å². The van der Waals surface area contributed by atoms with Crippen molar-refractivity contribution in [3.8, 4) is 11.1 Å². The first-order chi connectivity index (χ1) is 18.7. The summed E-state index contributed by atoms with van der Waals surface area (Å²) < 4.78 is 42.7. The van der Waals surface area contributed by atoms with Crippen LogP contribution in [0.5, 0.6) is 0 Å². The molecule has 204 valence electrons. The minimum atomic E-state index is -3.57. The second kappa shape index (κ2) is 11.8. The van der Waals surface area contributed by atoms with Crippen LogP contribution < -0.4 is 10.0 Å². The topological polar surface area (TPSA) is 103 Å². The SMILES string of the molecule is CN1CCN(CCS(=O)(=O)Nc2cc(-c3ccc4ncnc(Nc5ccc(F)c(Cl)c5)c4c3)cnc2I)CC1. The predicted molar refractivity (Wildman–Crippen MR) is 162 cm³/mol. The van der Waals surface area contributed by atoms with Crippen LogP contribution in [-0.4, -0.2) is 78.7 Å². The molecule has 0 amide bonds. The molecule has 0 bridgehead atoms. The van der Waals surface area contributed by atoms with Crippen LogP contribution in [0, 0.1) is 9.52 Å². The van der Waals surface area contributed by atoms with Crippen molar-refractivity contribution >= 4 is 72.3 Å². The minimum absolute atomic E-state index is 0.00234. The lowest BCUT2D eigenvalue weighted by atomic mass is 10.0. The van der Waals surface area contributed by atoms with E-state index in [-0.39, 0.29) is 10.8 Å². The van der Waals surface area contributed by atoms with E-state index in [9.17, 15) is 12.8 Å². The molecule has 3 heterocycles. The molecule has 2 aromatic heterocycles. The number of hydrogen-bond donors (Lipinski definition) is 2. The second-order valence-electron chi connectivity index (χ2n) is 9.34. The Morgan fingerprint density at radius 3 is 2.59 bits per heavy atom. The predicted octanol–water partition coefficient (Wildman–Crippen LogP) is 4.82. The summed E-state index contributed by atoms with van der Waals surface area (Å²) in [6, 6.07) is 11.8. The number of fused-ring (bicyclic) bond motifs is 1. The van der Waals surface area contributed by atoms with Crippen LogP contribution >= 0.6 is 34.2 Å². The van der Waals surface area contributed by atoms with Crippen molar-refractivity contribution in [3.05, 3.63) is 69.5 Å². The first-order valence-corrected chi connectivity index (χ1v) is 15.3. The fourth-order valence-corrected chi connectivity index (χ4v) is 6.15. The Morgan fingerprint density at radius 1 is 1.03 bits per heavy atom. The van der Waals surface area contributed by atoms with Crippen LogP contribution in [-0.2, 0) is 10.0 Å². The molecule has 1 saturated heterocycles. The summed E-state index contributed by atoms with van der Waals surface area (Å²) in [6.45, 7) is 4.06. The van der Waals surface area contributed by atoms with Gasteiger partial charge in [0.2, 0.25) is 10.0 Å². The molecule has 0 saturated carbocycles. The standard InChI is InChI=1S/C26H26ClFIN7O2S/c1-35-6-8-36(9-7-35)10-11-39(37,38)34-24-13-18(15-30-25(24)29)17-2-5-23-20(12-17)26(32-16-31-23)33-19-3-4-22(28)21(27)14-19/h2-5,12-16,34H,6-11H2,1H3,(H,31,32,33). The summed E-state index contributed by atoms with van der Waals surface area (Å²) in [4.78, 5) is 17.5. The molecule has 2 N–H and O–H groups in total. The van der Waals surface area contributed by atoms with E-state index in [1.54, 1.807) is 18.3 Å². The molecule has 0 radical (unpaired) electrons. The number of halogens is 3. The van der Waals surface area contributed by atoms with E-state index >= 15 is 0 Å². The lowest BCUT2D eigenvalue weighted by Crippen LogP contribution is -2.46. The van der Waals surface area contributed by atoms with Crippen LogP contribution in [0.2, 0.25) is 5.02 Å². The van der Waals surface area contributed by atoms with E-state index in [1.807, 2.05) is 40.8 Å². The minimum Gasteiger partial charge on any atom is -0.340 e. The van der Waals surface area contributed by atoms with Crippen LogP contribution in [0.1, 0.15) is 0 Å². The Morgan fingerprint density at radius 2 is 1.82 bits per heavy atom. The normalized spacial score (nSPS) is 15.0. The Hall–Kier alpha value is -2.65. The summed E-state index contributed by atoms with van der Waals surface area (Å²) in [5, 5.41) is 3.90. The number of pyridine rings is 1. The van der Waals surface area contributed by atoms with Crippen molar-refractivity contribution in [1.82, 2.24) is 24.8 Å². The molecule has 2 aromatic carbocycles. The molecule has 9 nitrogen and oxygen atoms in total. The molecule has 0 unspecified atom stereocenters. The van der Waals surface area contributed by atoms with E-state index in [2.05, 4.69) is 41.8 Å². The van der Waals surface area contributed by atoms with Gasteiger partial charge in [0.1, 0.15) is 21.7 Å². The largest absolute Gasteiger partial charge is 0.340 e. The first-order valence-electron chi connectivity index (χ1n) is 12.2. The molecular weight excluding hydrogens is 656 g/mol. The van der Waals surface area contributed by atoms with Gasteiger partial charge in [-0.05, 0) is 71.6 Å². The van der Waals surface area contributed by atoms with E-state index in [1.165, 1.54) is 18.5 Å². The van der Waals surface area contributed by atoms with Crippen molar-refractivity contribution in [2.24, 2.45) is 0 Å². The van der Waals surface area contributed by atoms with E-state index in [0.29, 0.717) is 33.0 Å². The van der Waals surface area contributed by atoms with Gasteiger partial charge < -0.3 is 10.2 Å². The highest BCUT2D eigenvalue weighted by atomic mass is 127. The van der Waals surface area contributed by atoms with Crippen LogP contribution in [0.15, 0.2) is 55.0 Å². The summed E-state index contributed by atoms with van der Waals surface area (Å²) in [5.41, 5.74) is 3.24. The Bertz CT molecular complexity index is 1620. The van der Waals surface area contributed by atoms with Gasteiger partial charge >= 0.3 is 0 Å². The van der Waals surface area contributed by atoms with Crippen LogP contribution in [0.25, 0.3) is 22.0 Å². The molecule has 0 aliphatic carbocycles. The van der Waals surface area contributed by atoms with Gasteiger partial charge in [-0.25, -0.2) is 27.8 Å². The maximum absolute atomic E-state index is 13.6. The molecule has 1 fully saturated rings. The monoisotopic (exact) mass is 681 g/mol. The third-order valence-corrected chi connectivity index (χ3v) is 8.93. The van der Waals surface area contributed by atoms with Gasteiger partial charge in [0.05, 0.1) is 22.0 Å². The third-order valence-electron chi connectivity index (χ3n) is 6.53. The molecule has 1 aliphatic rings. The Balaban J connectivity index is 1.37. The maximum Gasteiger partial charge on any atom is 0.234 e. The van der Waals surface area contributed by atoms with Crippen molar-refractivity contribution in [3.63, 3.8) is 0 Å². The number of likely N-dealkylation sites (N-methyl/N-ethyl adjacent to an activating group) is 1. The highest BCUT2D eigenvalue weighted by Gasteiger charge is 2.19. The average molecular weight is 682 g/mol. The Kier molecular flexibility index (Phi) is 8.47. The average Bonchev–Trinajstić information content (AvgIpc) is 2.91. The molecule has 5 rings (SSSR count). The van der Waals surface area contributed by atoms with Crippen LogP contribution in [0.3, 0.4) is 0 Å². The van der Waals surface area contributed by atoms with Gasteiger partial charge in [-0.15, -0.1) is 0 Å². The molecule has 1 aliphatic heterocycles. The molecule has 0 atom stereocenters. The number of hydrogen-bond acceptors (Lipinski definition) is 8. The van der Waals surface area contributed by atoms with Crippen molar-refractivity contribution in [2.75, 3.05) is 55.6 Å². The zero-order valence-corrected chi connectivity index (χ0v) is 24.8. The second-order valence-corrected chi connectivity index (χ2v) is 12.6. The fraction of sp³-hybridized carbons (Fsp3) is 0.269. The summed E-state index contributed by atoms with van der Waals surface area (Å²) in [7, 11) is -1.50. The summed E-state index contributed by atoms with van der Waals surface area (Å²) in [5.74, 6) is 0.0223. The third kappa shape index (κ3) is 6.92. The fourth-order valence-electron chi connectivity index (χ4n) is 4.26. The number of piperazine rings is 1. The number of aromatic nitrogens is 3. The van der Waals surface area contributed by atoms with Gasteiger partial charge in [0, 0.05) is 55.6 Å². The molecule has 13 heteroatoms. The number of rotatable bonds is 8. The number of nitrogens with one attached hydrogen (secondary N) is 2. The first kappa shape index (κ1) is 27.9. The molecule has 0 spiro atoms. The van der Waals surface area contributed by atoms with Crippen molar-refractivity contribution in [1.29, 1.82) is 0 Å². The Labute approximate surface area is 245 Å². The number of sulfonamides is 1. The van der Waals surface area contributed by atoms with Gasteiger partial charge in [0.15, 0.2) is 0 Å². The summed E-state index contributed by atoms with van der Waals surface area (Å²) >= 11 is 7.96. The molecule has 4 aromatic rings. The molecular formula is C26H26ClFIN7O2S. The van der Waals surface area contributed by atoms with Gasteiger partial charge in [-0.1, -0.05) is 17.7 Å². The van der Waals surface area contributed by atoms with E-state index in [4.69, 9.17) is 11.6 Å². The highest BCUT2D eigenvalue weighted by Crippen LogP contribution is 2.31. The number of anilines is 3. The highest BCUT2D eigenvalue weighted by molar-refractivity contribution is 14.1. The maximum atomic E-state index is 13.6. The quantitative estimate of drug-likeness (QED) is 0.202. The van der Waals surface area contributed by atoms with Crippen molar-refractivity contribution < 1.29 is 12.8 Å². The number of nitrogens with zero attached hydrogens (tertiary/aromatic N) is 5. The summed E-state index contributed by atoms with van der Waals surface area (Å²) in [6.07, 6.45) is 3.14. The zero-order valence-electron chi connectivity index (χ0n) is 21.0. The zero-order chi connectivity index (χ0) is 27.6. The van der Waals surface area contributed by atoms with Crippen LogP contribution in [0.4, 0.5) is 21.6 Å². The van der Waals surface area contributed by atoms with Gasteiger partial charge in [-0.3, -0.25) is 9.62 Å². The number of benzene rings is 2.